The number of carbonyl (C=O) groups is 1. The fourth-order valence-electron chi connectivity index (χ4n) is 1.57. The van der Waals surface area contributed by atoms with Crippen molar-refractivity contribution in [3.63, 3.8) is 0 Å². The van der Waals surface area contributed by atoms with Gasteiger partial charge in [-0.15, -0.1) is 0 Å². The Bertz CT molecular complexity index is 774. The molecular weight excluding hydrogens is 365 g/mol. The van der Waals surface area contributed by atoms with Crippen LogP contribution < -0.4 is 4.74 Å². The Kier molecular flexibility index (Phi) is 4.46. The van der Waals surface area contributed by atoms with E-state index in [-0.39, 0.29) is 32.1 Å². The Hall–Kier alpha value is -2.10. The summed E-state index contributed by atoms with van der Waals surface area (Å²) in [6.07, 6.45) is 0. The summed E-state index contributed by atoms with van der Waals surface area (Å²) >= 11 is 8.67. The molecule has 106 valence electrons. The molecule has 2 rings (SSSR count). The second-order valence-corrected chi connectivity index (χ2v) is 5.13. The maximum absolute atomic E-state index is 14.1. The third-order valence-corrected chi connectivity index (χ3v) is 3.57. The molecule has 0 aromatic heterocycles. The predicted molar refractivity (Wildman–Crippen MR) is 77.3 cm³/mol. The summed E-state index contributed by atoms with van der Waals surface area (Å²) in [6, 6.07) is 8.38. The van der Waals surface area contributed by atoms with Crippen molar-refractivity contribution in [2.45, 2.75) is 0 Å². The molecule has 0 atom stereocenters. The minimum atomic E-state index is -1.25. The summed E-state index contributed by atoms with van der Waals surface area (Å²) in [5.74, 6) is -2.30. The van der Waals surface area contributed by atoms with Gasteiger partial charge in [0.25, 0.3) is 0 Å². The average Bonchev–Trinajstić information content (AvgIpc) is 2.45. The summed E-state index contributed by atoms with van der Waals surface area (Å²) in [6.45, 7) is 0. The molecule has 0 bridgehead atoms. The first kappa shape index (κ1) is 15.3. The molecule has 0 radical (unpaired) electrons. The molecule has 0 fully saturated rings. The molecule has 7 heteroatoms. The molecule has 2 aromatic rings. The van der Waals surface area contributed by atoms with Crippen molar-refractivity contribution < 1.29 is 19.0 Å². The van der Waals surface area contributed by atoms with Gasteiger partial charge in [0.15, 0.2) is 11.6 Å². The second-order valence-electron chi connectivity index (χ2n) is 3.90. The summed E-state index contributed by atoms with van der Waals surface area (Å²) in [7, 11) is 0. The minimum absolute atomic E-state index is 0.0478. The molecule has 0 saturated heterocycles. The molecule has 1 N–H and O–H groups in total. The molecule has 2 aromatic carbocycles. The van der Waals surface area contributed by atoms with Gasteiger partial charge in [-0.05, 0) is 46.3 Å². The van der Waals surface area contributed by atoms with Crippen LogP contribution in [0.15, 0.2) is 34.8 Å². The van der Waals surface area contributed by atoms with Gasteiger partial charge in [-0.2, -0.15) is 5.26 Å². The van der Waals surface area contributed by atoms with Crippen LogP contribution in [0.5, 0.6) is 11.5 Å². The lowest BCUT2D eigenvalue weighted by molar-refractivity contribution is 0.0694. The lowest BCUT2D eigenvalue weighted by atomic mass is 10.2. The SMILES string of the molecule is N#Cc1ccc(Oc2ccc(Cl)cc2C(=O)O)c(F)c1Br. The molecule has 0 unspecified atom stereocenters. The highest BCUT2D eigenvalue weighted by molar-refractivity contribution is 9.10. The number of halogens is 3. The number of nitriles is 1. The van der Waals surface area contributed by atoms with Crippen LogP contribution in [0.3, 0.4) is 0 Å². The lowest BCUT2D eigenvalue weighted by Crippen LogP contribution is -2.01. The molecule has 0 aliphatic rings. The normalized spacial score (nSPS) is 10.0. The van der Waals surface area contributed by atoms with Crippen LogP contribution in [-0.2, 0) is 0 Å². The third kappa shape index (κ3) is 3.15. The van der Waals surface area contributed by atoms with Crippen molar-refractivity contribution >= 4 is 33.5 Å². The average molecular weight is 371 g/mol. The number of carboxylic acids is 1. The van der Waals surface area contributed by atoms with Gasteiger partial charge in [0.1, 0.15) is 17.4 Å². The fourth-order valence-corrected chi connectivity index (χ4v) is 2.16. The Morgan fingerprint density at radius 1 is 1.33 bits per heavy atom. The van der Waals surface area contributed by atoms with Gasteiger partial charge in [0, 0.05) is 5.02 Å². The zero-order valence-corrected chi connectivity index (χ0v) is 12.6. The summed E-state index contributed by atoms with van der Waals surface area (Å²) in [5, 5.41) is 18.1. The van der Waals surface area contributed by atoms with Gasteiger partial charge in [-0.25, -0.2) is 9.18 Å². The third-order valence-electron chi connectivity index (χ3n) is 2.56. The van der Waals surface area contributed by atoms with Gasteiger partial charge in [0.05, 0.1) is 10.0 Å². The van der Waals surface area contributed by atoms with Crippen molar-refractivity contribution in [2.75, 3.05) is 0 Å². The maximum atomic E-state index is 14.1. The minimum Gasteiger partial charge on any atom is -0.478 e. The van der Waals surface area contributed by atoms with Crippen molar-refractivity contribution in [2.24, 2.45) is 0 Å². The Labute approximate surface area is 132 Å². The van der Waals surface area contributed by atoms with Crippen LogP contribution in [0.2, 0.25) is 5.02 Å². The van der Waals surface area contributed by atoms with E-state index in [0.29, 0.717) is 0 Å². The van der Waals surface area contributed by atoms with Crippen LogP contribution in [0.25, 0.3) is 0 Å². The fraction of sp³-hybridized carbons (Fsp3) is 0. The van der Waals surface area contributed by atoms with Crippen LogP contribution in [0, 0.1) is 17.1 Å². The van der Waals surface area contributed by atoms with E-state index in [0.717, 1.165) is 0 Å². The zero-order chi connectivity index (χ0) is 15.6. The van der Waals surface area contributed by atoms with Gasteiger partial charge < -0.3 is 9.84 Å². The van der Waals surface area contributed by atoms with E-state index < -0.39 is 11.8 Å². The standard InChI is InChI=1S/C14H6BrClFNO3/c15-12-7(6-18)1-3-11(13(12)17)21-10-4-2-8(16)5-9(10)14(19)20/h1-5H,(H,19,20). The number of hydrogen-bond acceptors (Lipinski definition) is 3. The van der Waals surface area contributed by atoms with Crippen molar-refractivity contribution in [3.8, 4) is 17.6 Å². The Morgan fingerprint density at radius 2 is 2.00 bits per heavy atom. The van der Waals surface area contributed by atoms with Gasteiger partial charge in [0.2, 0.25) is 0 Å². The molecule has 0 aliphatic carbocycles. The van der Waals surface area contributed by atoms with E-state index in [9.17, 15) is 9.18 Å². The van der Waals surface area contributed by atoms with E-state index in [1.807, 2.05) is 6.07 Å². The number of carboxylic acid groups (broad SMARTS) is 1. The summed E-state index contributed by atoms with van der Waals surface area (Å²) < 4.78 is 19.3. The predicted octanol–water partition coefficient (Wildman–Crippen LogP) is 4.60. The van der Waals surface area contributed by atoms with Crippen LogP contribution >= 0.6 is 27.5 Å². The number of ether oxygens (including phenoxy) is 1. The Balaban J connectivity index is 2.47. The molecule has 0 heterocycles. The van der Waals surface area contributed by atoms with Crippen LogP contribution in [-0.4, -0.2) is 11.1 Å². The molecule has 0 spiro atoms. The van der Waals surface area contributed by atoms with E-state index in [1.54, 1.807) is 0 Å². The monoisotopic (exact) mass is 369 g/mol. The quantitative estimate of drug-likeness (QED) is 0.857. The first-order valence-electron chi connectivity index (χ1n) is 5.53. The molecule has 0 aliphatic heterocycles. The van der Waals surface area contributed by atoms with Crippen LogP contribution in [0.4, 0.5) is 4.39 Å². The number of hydrogen-bond donors (Lipinski definition) is 1. The van der Waals surface area contributed by atoms with Crippen molar-refractivity contribution in [1.29, 1.82) is 5.26 Å². The summed E-state index contributed by atoms with van der Waals surface area (Å²) in [5.41, 5.74) is -0.0863. The Morgan fingerprint density at radius 3 is 2.62 bits per heavy atom. The summed E-state index contributed by atoms with van der Waals surface area (Å²) in [4.78, 5) is 11.1. The molecule has 0 saturated carbocycles. The topological polar surface area (TPSA) is 70.3 Å². The van der Waals surface area contributed by atoms with Gasteiger partial charge in [-0.3, -0.25) is 0 Å². The number of nitrogens with zero attached hydrogens (tertiary/aromatic N) is 1. The smallest absolute Gasteiger partial charge is 0.339 e. The first-order valence-corrected chi connectivity index (χ1v) is 6.70. The molecule has 21 heavy (non-hydrogen) atoms. The zero-order valence-electron chi connectivity index (χ0n) is 10.2. The van der Waals surface area contributed by atoms with E-state index in [1.165, 1.54) is 30.3 Å². The lowest BCUT2D eigenvalue weighted by Gasteiger charge is -2.11. The van der Waals surface area contributed by atoms with Gasteiger partial charge >= 0.3 is 5.97 Å². The highest BCUT2D eigenvalue weighted by atomic mass is 79.9. The number of benzene rings is 2. The second kappa shape index (κ2) is 6.12. The van der Waals surface area contributed by atoms with Gasteiger partial charge in [-0.1, -0.05) is 11.6 Å². The van der Waals surface area contributed by atoms with E-state index in [4.69, 9.17) is 26.7 Å². The highest BCUT2D eigenvalue weighted by Crippen LogP contribution is 2.33. The maximum Gasteiger partial charge on any atom is 0.339 e. The molecule has 0 amide bonds. The van der Waals surface area contributed by atoms with Crippen LogP contribution in [0.1, 0.15) is 15.9 Å². The van der Waals surface area contributed by atoms with Crippen molar-refractivity contribution in [3.05, 3.63) is 56.8 Å². The van der Waals surface area contributed by atoms with Crippen molar-refractivity contribution in [1.82, 2.24) is 0 Å². The molecule has 4 nitrogen and oxygen atoms in total. The number of aromatic carboxylic acids is 1. The number of rotatable bonds is 3. The first-order chi connectivity index (χ1) is 9.93. The largest absolute Gasteiger partial charge is 0.478 e. The van der Waals surface area contributed by atoms with E-state index >= 15 is 0 Å². The molecular formula is C14H6BrClFNO3. The highest BCUT2D eigenvalue weighted by Gasteiger charge is 2.17. The van der Waals surface area contributed by atoms with E-state index in [2.05, 4.69) is 15.9 Å².